The first-order valence-corrected chi connectivity index (χ1v) is 6.40. The molecule has 1 aliphatic heterocycles. The minimum Gasteiger partial charge on any atom is -0.361 e. The van der Waals surface area contributed by atoms with E-state index in [1.807, 2.05) is 38.1 Å². The van der Waals surface area contributed by atoms with E-state index in [2.05, 4.69) is 17.5 Å². The van der Waals surface area contributed by atoms with Crippen LogP contribution in [0.5, 0.6) is 0 Å². The van der Waals surface area contributed by atoms with Crippen LogP contribution in [0.25, 0.3) is 0 Å². The van der Waals surface area contributed by atoms with Gasteiger partial charge in [-0.25, -0.2) is 0 Å². The van der Waals surface area contributed by atoms with Crippen molar-refractivity contribution >= 4 is 0 Å². The highest BCUT2D eigenvalue weighted by Gasteiger charge is 2.29. The molecule has 0 spiro atoms. The van der Waals surface area contributed by atoms with Crippen molar-refractivity contribution in [3.8, 4) is 12.1 Å². The highest BCUT2D eigenvalue weighted by Crippen LogP contribution is 2.37. The molecular formula is C16H16N4. The third-order valence-corrected chi connectivity index (χ3v) is 3.52. The van der Waals surface area contributed by atoms with Gasteiger partial charge in [0.15, 0.2) is 0 Å². The van der Waals surface area contributed by atoms with Gasteiger partial charge < -0.3 is 11.1 Å². The molecule has 0 saturated carbocycles. The molecule has 0 saturated heterocycles. The molecule has 1 aromatic carbocycles. The molecule has 1 aromatic rings. The van der Waals surface area contributed by atoms with Gasteiger partial charge in [0.1, 0.15) is 0 Å². The number of hydrogen-bond acceptors (Lipinski definition) is 4. The van der Waals surface area contributed by atoms with Crippen LogP contribution in [0.15, 0.2) is 46.8 Å². The number of benzene rings is 1. The minimum absolute atomic E-state index is 0.308. The summed E-state index contributed by atoms with van der Waals surface area (Å²) in [4.78, 5) is 0. The summed E-state index contributed by atoms with van der Waals surface area (Å²) in [6.07, 6.45) is 0. The first kappa shape index (κ1) is 13.9. The Kier molecular flexibility index (Phi) is 3.89. The molecule has 0 aliphatic carbocycles. The van der Waals surface area contributed by atoms with Gasteiger partial charge in [0.2, 0.25) is 0 Å². The molecule has 0 atom stereocenters. The summed E-state index contributed by atoms with van der Waals surface area (Å²) >= 11 is 0. The van der Waals surface area contributed by atoms with Crippen LogP contribution in [0.3, 0.4) is 0 Å². The normalized spacial score (nSPS) is 15.7. The number of nitrogens with one attached hydrogen (secondary N) is 1. The lowest BCUT2D eigenvalue weighted by Gasteiger charge is -2.26. The molecule has 0 unspecified atom stereocenters. The van der Waals surface area contributed by atoms with Crippen LogP contribution >= 0.6 is 0 Å². The van der Waals surface area contributed by atoms with Crippen molar-refractivity contribution in [2.24, 2.45) is 5.73 Å². The molecule has 3 N–H and O–H groups in total. The molecule has 2 rings (SSSR count). The fraction of sp³-hybridized carbons (Fsp3) is 0.250. The van der Waals surface area contributed by atoms with Crippen molar-refractivity contribution in [1.82, 2.24) is 5.32 Å². The maximum absolute atomic E-state index is 9.41. The predicted molar refractivity (Wildman–Crippen MR) is 76.8 cm³/mol. The lowest BCUT2D eigenvalue weighted by molar-refractivity contribution is 0.812. The van der Waals surface area contributed by atoms with Crippen molar-refractivity contribution in [3.63, 3.8) is 0 Å². The number of nitrogens with zero attached hydrogens (tertiary/aromatic N) is 2. The second-order valence-electron chi connectivity index (χ2n) is 4.81. The Hall–Kier alpha value is -2.56. The molecule has 0 radical (unpaired) electrons. The van der Waals surface area contributed by atoms with Crippen molar-refractivity contribution in [2.75, 3.05) is 0 Å². The summed E-state index contributed by atoms with van der Waals surface area (Å²) in [7, 11) is 0. The molecule has 100 valence electrons. The van der Waals surface area contributed by atoms with Crippen molar-refractivity contribution < 1.29 is 0 Å². The first-order valence-electron chi connectivity index (χ1n) is 6.40. The Bertz CT molecular complexity index is 647. The van der Waals surface area contributed by atoms with Crippen molar-refractivity contribution in [3.05, 3.63) is 57.9 Å². The van der Waals surface area contributed by atoms with Crippen LogP contribution in [-0.4, -0.2) is 0 Å². The molecule has 0 amide bonds. The van der Waals surface area contributed by atoms with Crippen molar-refractivity contribution in [2.45, 2.75) is 26.3 Å². The quantitative estimate of drug-likeness (QED) is 0.859. The monoisotopic (exact) mass is 264 g/mol. The number of nitriles is 2. The van der Waals surface area contributed by atoms with Crippen LogP contribution in [0.4, 0.5) is 0 Å². The zero-order valence-electron chi connectivity index (χ0n) is 11.6. The Morgan fingerprint density at radius 1 is 1.15 bits per heavy atom. The van der Waals surface area contributed by atoms with Crippen LogP contribution in [0.2, 0.25) is 0 Å². The highest BCUT2D eigenvalue weighted by atomic mass is 14.9. The highest BCUT2D eigenvalue weighted by molar-refractivity contribution is 5.55. The standard InChI is InChI=1S/C16H16N4/c1-10-14(8-18)16(15(9-19)11(2)20-10)13-5-3-4-12(6-13)7-17/h3-6,16,20H,7,17H2,1-2H3. The maximum atomic E-state index is 9.41. The van der Waals surface area contributed by atoms with E-state index in [-0.39, 0.29) is 5.92 Å². The van der Waals surface area contributed by atoms with Gasteiger partial charge in [-0.3, -0.25) is 0 Å². The summed E-state index contributed by atoms with van der Waals surface area (Å²) in [6, 6.07) is 12.2. The second-order valence-corrected chi connectivity index (χ2v) is 4.81. The van der Waals surface area contributed by atoms with E-state index in [0.717, 1.165) is 22.5 Å². The van der Waals surface area contributed by atoms with E-state index in [0.29, 0.717) is 17.7 Å². The molecule has 1 aliphatic rings. The number of rotatable bonds is 2. The summed E-state index contributed by atoms with van der Waals surface area (Å²) < 4.78 is 0. The van der Waals surface area contributed by atoms with E-state index in [4.69, 9.17) is 5.73 Å². The summed E-state index contributed by atoms with van der Waals surface area (Å²) in [6.45, 7) is 4.15. The van der Waals surface area contributed by atoms with Gasteiger partial charge in [-0.05, 0) is 25.0 Å². The number of dihydropyridines is 1. The first-order chi connectivity index (χ1) is 9.62. The number of hydrogen-bond donors (Lipinski definition) is 2. The number of allylic oxidation sites excluding steroid dienone is 4. The average Bonchev–Trinajstić information content (AvgIpc) is 2.46. The SMILES string of the molecule is CC1=C(C#N)C(c2cccc(CN)c2)C(C#N)=C(C)N1. The average molecular weight is 264 g/mol. The minimum atomic E-state index is -0.308. The summed E-state index contributed by atoms with van der Waals surface area (Å²) in [5.74, 6) is -0.308. The Morgan fingerprint density at radius 2 is 1.75 bits per heavy atom. The van der Waals surface area contributed by atoms with Crippen LogP contribution in [-0.2, 0) is 6.54 Å². The molecule has 1 heterocycles. The largest absolute Gasteiger partial charge is 0.361 e. The van der Waals surface area contributed by atoms with Crippen LogP contribution < -0.4 is 11.1 Å². The third-order valence-electron chi connectivity index (χ3n) is 3.52. The fourth-order valence-electron chi connectivity index (χ4n) is 2.52. The van der Waals surface area contributed by atoms with Gasteiger partial charge in [-0.15, -0.1) is 0 Å². The topological polar surface area (TPSA) is 85.6 Å². The van der Waals surface area contributed by atoms with E-state index in [1.165, 1.54) is 0 Å². The lowest BCUT2D eigenvalue weighted by Crippen LogP contribution is -2.23. The molecular weight excluding hydrogens is 248 g/mol. The van der Waals surface area contributed by atoms with Crippen LogP contribution in [0.1, 0.15) is 30.9 Å². The molecule has 0 bridgehead atoms. The second kappa shape index (κ2) is 5.61. The molecule has 0 aromatic heterocycles. The summed E-state index contributed by atoms with van der Waals surface area (Å²) in [5.41, 5.74) is 10.4. The third kappa shape index (κ3) is 2.30. The molecule has 20 heavy (non-hydrogen) atoms. The van der Waals surface area contributed by atoms with Gasteiger partial charge in [0.05, 0.1) is 29.2 Å². The number of nitrogens with two attached hydrogens (primary N) is 1. The van der Waals surface area contributed by atoms with Gasteiger partial charge in [0.25, 0.3) is 0 Å². The zero-order valence-corrected chi connectivity index (χ0v) is 11.6. The Balaban J connectivity index is 2.62. The van der Waals surface area contributed by atoms with Gasteiger partial charge in [-0.1, -0.05) is 24.3 Å². The van der Waals surface area contributed by atoms with Gasteiger partial charge in [0, 0.05) is 17.9 Å². The molecule has 0 fully saturated rings. The van der Waals surface area contributed by atoms with Crippen molar-refractivity contribution in [1.29, 1.82) is 10.5 Å². The molecule has 4 heteroatoms. The van der Waals surface area contributed by atoms with E-state index < -0.39 is 0 Å². The smallest absolute Gasteiger partial charge is 0.0975 e. The fourth-order valence-corrected chi connectivity index (χ4v) is 2.52. The van der Waals surface area contributed by atoms with Gasteiger partial charge in [-0.2, -0.15) is 10.5 Å². The lowest BCUT2D eigenvalue weighted by atomic mass is 9.81. The molecule has 4 nitrogen and oxygen atoms in total. The summed E-state index contributed by atoms with van der Waals surface area (Å²) in [5, 5.41) is 21.9. The van der Waals surface area contributed by atoms with E-state index >= 15 is 0 Å². The zero-order chi connectivity index (χ0) is 14.7. The van der Waals surface area contributed by atoms with E-state index in [9.17, 15) is 10.5 Å². The predicted octanol–water partition coefficient (Wildman–Crippen LogP) is 2.43. The van der Waals surface area contributed by atoms with Gasteiger partial charge >= 0.3 is 0 Å². The Morgan fingerprint density at radius 3 is 2.25 bits per heavy atom. The van der Waals surface area contributed by atoms with E-state index in [1.54, 1.807) is 0 Å². The van der Waals surface area contributed by atoms with Crippen LogP contribution in [0, 0.1) is 22.7 Å². The Labute approximate surface area is 118 Å². The maximum Gasteiger partial charge on any atom is 0.0975 e.